The van der Waals surface area contributed by atoms with Crippen molar-refractivity contribution in [3.8, 4) is 0 Å². The lowest BCUT2D eigenvalue weighted by Crippen LogP contribution is -2.44. The molecule has 4 aromatic rings. The van der Waals surface area contributed by atoms with Gasteiger partial charge in [-0.3, -0.25) is 9.59 Å². The molecule has 0 fully saturated rings. The van der Waals surface area contributed by atoms with E-state index in [2.05, 4.69) is 65.3 Å². The molecule has 6 heteroatoms. The summed E-state index contributed by atoms with van der Waals surface area (Å²) in [6.45, 7) is 3.85. The third kappa shape index (κ3) is 8.71. The van der Waals surface area contributed by atoms with Crippen LogP contribution in [0.5, 0.6) is 0 Å². The Bertz CT molecular complexity index is 1380. The van der Waals surface area contributed by atoms with Gasteiger partial charge in [0.05, 0.1) is 6.54 Å². The second-order valence-electron chi connectivity index (χ2n) is 11.0. The first kappa shape index (κ1) is 29.9. The molecule has 0 aliphatic carbocycles. The Morgan fingerprint density at radius 2 is 1.44 bits per heavy atom. The van der Waals surface area contributed by atoms with Crippen LogP contribution in [0.3, 0.4) is 0 Å². The number of nitrogens with zero attached hydrogens (tertiary/aromatic N) is 3. The van der Waals surface area contributed by atoms with Crippen LogP contribution in [0.1, 0.15) is 49.3 Å². The lowest BCUT2D eigenvalue weighted by atomic mass is 10.1. The van der Waals surface area contributed by atoms with Gasteiger partial charge in [-0.05, 0) is 54.2 Å². The first-order chi connectivity index (χ1) is 19.9. The zero-order chi connectivity index (χ0) is 29.0. The van der Waals surface area contributed by atoms with E-state index in [0.29, 0.717) is 26.1 Å². The van der Waals surface area contributed by atoms with Crippen molar-refractivity contribution in [1.82, 2.24) is 14.8 Å². The fraction of sp³-hybridized carbons (Fsp3) is 0.371. The van der Waals surface area contributed by atoms with E-state index in [-0.39, 0.29) is 18.4 Å². The summed E-state index contributed by atoms with van der Waals surface area (Å²) in [5.74, 6) is 0.0491. The quantitative estimate of drug-likeness (QED) is 0.172. The van der Waals surface area contributed by atoms with E-state index >= 15 is 0 Å². The number of aromatic amines is 1. The zero-order valence-corrected chi connectivity index (χ0v) is 24.8. The number of rotatable bonds is 15. The van der Waals surface area contributed by atoms with Crippen LogP contribution in [0.4, 0.5) is 5.69 Å². The van der Waals surface area contributed by atoms with Crippen molar-refractivity contribution in [2.75, 3.05) is 38.6 Å². The van der Waals surface area contributed by atoms with Gasteiger partial charge in [-0.15, -0.1) is 0 Å². The molecule has 0 spiro atoms. The normalized spacial score (nSPS) is 11.0. The van der Waals surface area contributed by atoms with Crippen molar-refractivity contribution < 1.29 is 9.59 Å². The summed E-state index contributed by atoms with van der Waals surface area (Å²) in [5, 5.41) is 1.19. The van der Waals surface area contributed by atoms with Gasteiger partial charge in [-0.25, -0.2) is 0 Å². The number of fused-ring (bicyclic) bond motifs is 1. The summed E-state index contributed by atoms with van der Waals surface area (Å²) in [5.41, 5.74) is 5.66. The van der Waals surface area contributed by atoms with Crippen LogP contribution in [0.25, 0.3) is 10.9 Å². The molecular weight excluding hydrogens is 508 g/mol. The van der Waals surface area contributed by atoms with Crippen molar-refractivity contribution in [3.05, 3.63) is 102 Å². The predicted molar refractivity (Wildman–Crippen MR) is 169 cm³/mol. The molecule has 6 nitrogen and oxygen atoms in total. The second kappa shape index (κ2) is 15.1. The fourth-order valence-corrected chi connectivity index (χ4v) is 5.15. The number of para-hydroxylation sites is 1. The Kier molecular flexibility index (Phi) is 11.0. The lowest BCUT2D eigenvalue weighted by molar-refractivity contribution is -0.141. The van der Waals surface area contributed by atoms with Gasteiger partial charge in [0.15, 0.2) is 0 Å². The Balaban J connectivity index is 1.51. The summed E-state index contributed by atoms with van der Waals surface area (Å²) in [7, 11) is 4.04. The van der Waals surface area contributed by atoms with Crippen LogP contribution in [0.15, 0.2) is 85.1 Å². The number of carbonyl (C=O) groups is 2. The van der Waals surface area contributed by atoms with Gasteiger partial charge >= 0.3 is 0 Å². The van der Waals surface area contributed by atoms with E-state index in [0.717, 1.165) is 48.9 Å². The van der Waals surface area contributed by atoms with Crippen LogP contribution < -0.4 is 4.90 Å². The molecule has 0 unspecified atom stereocenters. The number of carbonyl (C=O) groups excluding carboxylic acids is 2. The van der Waals surface area contributed by atoms with Crippen molar-refractivity contribution in [2.24, 2.45) is 0 Å². The molecule has 4 rings (SSSR count). The number of aromatic nitrogens is 1. The Morgan fingerprint density at radius 1 is 0.732 bits per heavy atom. The molecule has 0 aliphatic heterocycles. The van der Waals surface area contributed by atoms with E-state index in [1.165, 1.54) is 16.5 Å². The number of H-pyrrole nitrogens is 1. The highest BCUT2D eigenvalue weighted by atomic mass is 16.2. The van der Waals surface area contributed by atoms with Gasteiger partial charge in [0.2, 0.25) is 11.8 Å². The molecule has 0 saturated carbocycles. The van der Waals surface area contributed by atoms with E-state index in [1.807, 2.05) is 55.5 Å². The van der Waals surface area contributed by atoms with Crippen molar-refractivity contribution in [2.45, 2.75) is 52.0 Å². The van der Waals surface area contributed by atoms with E-state index in [4.69, 9.17) is 0 Å². The molecule has 41 heavy (non-hydrogen) atoms. The number of anilines is 1. The maximum Gasteiger partial charge on any atom is 0.242 e. The van der Waals surface area contributed by atoms with E-state index in [9.17, 15) is 9.59 Å². The lowest BCUT2D eigenvalue weighted by Gasteiger charge is -2.28. The molecule has 0 saturated heterocycles. The predicted octanol–water partition coefficient (Wildman–Crippen LogP) is 6.46. The highest BCUT2D eigenvalue weighted by molar-refractivity contribution is 5.85. The van der Waals surface area contributed by atoms with Crippen molar-refractivity contribution in [3.63, 3.8) is 0 Å². The second-order valence-corrected chi connectivity index (χ2v) is 11.0. The largest absolute Gasteiger partial charge is 0.378 e. The first-order valence-electron chi connectivity index (χ1n) is 14.9. The van der Waals surface area contributed by atoms with Gasteiger partial charge in [0.25, 0.3) is 0 Å². The average molecular weight is 553 g/mol. The van der Waals surface area contributed by atoms with Crippen molar-refractivity contribution >= 4 is 28.4 Å². The number of nitrogens with one attached hydrogen (secondary N) is 1. The number of hydrogen-bond acceptors (Lipinski definition) is 3. The fourth-order valence-electron chi connectivity index (χ4n) is 5.15. The summed E-state index contributed by atoms with van der Waals surface area (Å²) in [6.07, 6.45) is 6.93. The molecule has 216 valence electrons. The molecule has 0 bridgehead atoms. The molecular formula is C35H44N4O2. The molecule has 1 heterocycles. The minimum Gasteiger partial charge on any atom is -0.378 e. The highest BCUT2D eigenvalue weighted by Gasteiger charge is 2.22. The minimum atomic E-state index is -0.0153. The van der Waals surface area contributed by atoms with Crippen LogP contribution >= 0.6 is 0 Å². The maximum absolute atomic E-state index is 13.9. The zero-order valence-electron chi connectivity index (χ0n) is 24.8. The Labute approximate surface area is 245 Å². The van der Waals surface area contributed by atoms with Gasteiger partial charge in [0, 0.05) is 62.9 Å². The van der Waals surface area contributed by atoms with Gasteiger partial charge in [-0.1, -0.05) is 80.4 Å². The monoisotopic (exact) mass is 552 g/mol. The smallest absolute Gasteiger partial charge is 0.242 e. The highest BCUT2D eigenvalue weighted by Crippen LogP contribution is 2.20. The maximum atomic E-state index is 13.9. The number of unbranched alkanes of at least 4 members (excludes halogenated alkanes) is 2. The summed E-state index contributed by atoms with van der Waals surface area (Å²) in [4.78, 5) is 36.3. The Hall–Kier alpha value is -4.06. The topological polar surface area (TPSA) is 59.7 Å². The third-order valence-electron chi connectivity index (χ3n) is 7.69. The number of amides is 2. The van der Waals surface area contributed by atoms with Crippen molar-refractivity contribution in [1.29, 1.82) is 0 Å². The molecule has 0 aliphatic rings. The number of hydrogen-bond donors (Lipinski definition) is 1. The minimum absolute atomic E-state index is 0.0153. The van der Waals surface area contributed by atoms with Gasteiger partial charge in [-0.2, -0.15) is 0 Å². The standard InChI is InChI=1S/C35H44N4O2/c1-4-5-7-16-34(40)39(23-21-28-12-8-6-9-13-28)27-35(41)38(26-29-17-19-31(20-18-29)37(2)3)24-22-30-25-36-33-15-11-10-14-32(30)33/h6,8-15,17-20,25,36H,4-5,7,16,21-24,26-27H2,1-3H3. The molecule has 1 N–H and O–H groups in total. The van der Waals surface area contributed by atoms with Crippen LogP contribution in [0.2, 0.25) is 0 Å². The third-order valence-corrected chi connectivity index (χ3v) is 7.69. The molecule has 0 radical (unpaired) electrons. The SMILES string of the molecule is CCCCCC(=O)N(CCc1ccccc1)CC(=O)N(CCc1c[nH]c2ccccc12)Cc1ccc(N(C)C)cc1. The summed E-state index contributed by atoms with van der Waals surface area (Å²) in [6, 6.07) is 26.8. The number of benzene rings is 3. The molecule has 1 aromatic heterocycles. The van der Waals surface area contributed by atoms with Gasteiger partial charge < -0.3 is 19.7 Å². The molecule has 0 atom stereocenters. The summed E-state index contributed by atoms with van der Waals surface area (Å²) >= 11 is 0. The summed E-state index contributed by atoms with van der Waals surface area (Å²) < 4.78 is 0. The molecule has 3 aromatic carbocycles. The van der Waals surface area contributed by atoms with Crippen LogP contribution in [-0.2, 0) is 29.0 Å². The van der Waals surface area contributed by atoms with Crippen LogP contribution in [-0.4, -0.2) is 60.3 Å². The van der Waals surface area contributed by atoms with Crippen LogP contribution in [0, 0.1) is 0 Å². The van der Waals surface area contributed by atoms with E-state index in [1.54, 1.807) is 4.90 Å². The van der Waals surface area contributed by atoms with Gasteiger partial charge in [0.1, 0.15) is 0 Å². The Morgan fingerprint density at radius 3 is 2.17 bits per heavy atom. The average Bonchev–Trinajstić information content (AvgIpc) is 3.41. The van der Waals surface area contributed by atoms with E-state index < -0.39 is 0 Å². The molecule has 2 amide bonds. The first-order valence-corrected chi connectivity index (χ1v) is 14.9.